The van der Waals surface area contributed by atoms with Gasteiger partial charge in [0.1, 0.15) is 11.4 Å². The second-order valence-corrected chi connectivity index (χ2v) is 5.40. The molecule has 0 saturated carbocycles. The zero-order chi connectivity index (χ0) is 14.9. The van der Waals surface area contributed by atoms with Crippen LogP contribution in [0.4, 0.5) is 5.82 Å². The molecule has 0 aliphatic heterocycles. The quantitative estimate of drug-likeness (QED) is 0.895. The van der Waals surface area contributed by atoms with Crippen molar-refractivity contribution in [2.75, 3.05) is 5.32 Å². The molecule has 6 nitrogen and oxygen atoms in total. The minimum atomic E-state index is -1.01. The molecular weight excluding hydrogens is 324 g/mol. The number of carboxylic acid groups (broad SMARTS) is 1. The summed E-state index contributed by atoms with van der Waals surface area (Å²) in [6, 6.07) is 1.53. The molecule has 0 spiro atoms. The van der Waals surface area contributed by atoms with E-state index in [1.54, 1.807) is 10.9 Å². The van der Waals surface area contributed by atoms with Crippen LogP contribution in [0.2, 0.25) is 0 Å². The average molecular weight is 339 g/mol. The van der Waals surface area contributed by atoms with E-state index >= 15 is 0 Å². The molecule has 0 radical (unpaired) electrons. The van der Waals surface area contributed by atoms with Gasteiger partial charge in [-0.05, 0) is 35.8 Å². The summed E-state index contributed by atoms with van der Waals surface area (Å²) in [5, 5.41) is 16.6. The highest BCUT2D eigenvalue weighted by Crippen LogP contribution is 2.20. The number of aromatic nitrogens is 3. The van der Waals surface area contributed by atoms with Gasteiger partial charge in [0.2, 0.25) is 0 Å². The SMILES string of the molecule is Cc1nn(C)c(C)c1CNc1ncc(Br)cc1C(=O)O. The van der Waals surface area contributed by atoms with E-state index in [0.717, 1.165) is 17.0 Å². The van der Waals surface area contributed by atoms with Crippen molar-refractivity contribution >= 4 is 27.7 Å². The van der Waals surface area contributed by atoms with Crippen molar-refractivity contribution in [3.63, 3.8) is 0 Å². The van der Waals surface area contributed by atoms with Gasteiger partial charge in [0.05, 0.1) is 5.69 Å². The number of rotatable bonds is 4. The van der Waals surface area contributed by atoms with Gasteiger partial charge in [-0.1, -0.05) is 0 Å². The van der Waals surface area contributed by atoms with Gasteiger partial charge in [0, 0.05) is 35.5 Å². The maximum absolute atomic E-state index is 11.2. The van der Waals surface area contributed by atoms with Crippen molar-refractivity contribution in [3.05, 3.63) is 39.3 Å². The summed E-state index contributed by atoms with van der Waals surface area (Å²) >= 11 is 3.22. The highest BCUT2D eigenvalue weighted by Gasteiger charge is 2.14. The summed E-state index contributed by atoms with van der Waals surface area (Å²) in [6.07, 6.45) is 1.57. The topological polar surface area (TPSA) is 80.0 Å². The van der Waals surface area contributed by atoms with E-state index < -0.39 is 5.97 Å². The van der Waals surface area contributed by atoms with Gasteiger partial charge in [0.15, 0.2) is 0 Å². The molecule has 106 valence electrons. The Labute approximate surface area is 125 Å². The van der Waals surface area contributed by atoms with Crippen molar-refractivity contribution < 1.29 is 9.90 Å². The molecule has 0 atom stereocenters. The number of aryl methyl sites for hydroxylation is 2. The van der Waals surface area contributed by atoms with Crippen LogP contribution in [0.5, 0.6) is 0 Å². The lowest BCUT2D eigenvalue weighted by molar-refractivity contribution is 0.0697. The van der Waals surface area contributed by atoms with Crippen molar-refractivity contribution in [1.82, 2.24) is 14.8 Å². The Morgan fingerprint density at radius 2 is 2.20 bits per heavy atom. The lowest BCUT2D eigenvalue weighted by Gasteiger charge is -2.09. The van der Waals surface area contributed by atoms with Crippen LogP contribution in [-0.4, -0.2) is 25.8 Å². The molecule has 20 heavy (non-hydrogen) atoms. The number of carboxylic acids is 1. The number of hydrogen-bond donors (Lipinski definition) is 2. The summed E-state index contributed by atoms with van der Waals surface area (Å²) < 4.78 is 2.44. The first-order chi connectivity index (χ1) is 9.40. The van der Waals surface area contributed by atoms with Gasteiger partial charge in [-0.15, -0.1) is 0 Å². The molecule has 2 N–H and O–H groups in total. The largest absolute Gasteiger partial charge is 0.478 e. The van der Waals surface area contributed by atoms with E-state index in [1.165, 1.54) is 6.07 Å². The van der Waals surface area contributed by atoms with E-state index in [9.17, 15) is 9.90 Å². The van der Waals surface area contributed by atoms with Crippen molar-refractivity contribution in [2.24, 2.45) is 7.05 Å². The van der Waals surface area contributed by atoms with Crippen LogP contribution in [0.25, 0.3) is 0 Å². The van der Waals surface area contributed by atoms with Gasteiger partial charge in [-0.2, -0.15) is 5.10 Å². The van der Waals surface area contributed by atoms with Gasteiger partial charge < -0.3 is 10.4 Å². The standard InChI is InChI=1S/C13H15BrN4O2/c1-7-11(8(2)18(3)17-7)6-16-12-10(13(19)20)4-9(14)5-15-12/h4-5H,6H2,1-3H3,(H,15,16)(H,19,20). The number of pyridine rings is 1. The second kappa shape index (κ2) is 5.62. The maximum Gasteiger partial charge on any atom is 0.339 e. The Hall–Kier alpha value is -1.89. The van der Waals surface area contributed by atoms with Crippen LogP contribution in [0.15, 0.2) is 16.7 Å². The minimum absolute atomic E-state index is 0.138. The molecule has 0 fully saturated rings. The van der Waals surface area contributed by atoms with Crippen molar-refractivity contribution in [2.45, 2.75) is 20.4 Å². The molecule has 2 aromatic heterocycles. The van der Waals surface area contributed by atoms with Crippen molar-refractivity contribution in [1.29, 1.82) is 0 Å². The van der Waals surface area contributed by atoms with Crippen LogP contribution in [0, 0.1) is 13.8 Å². The van der Waals surface area contributed by atoms with E-state index in [4.69, 9.17) is 0 Å². The van der Waals surface area contributed by atoms with Crippen LogP contribution in [0.1, 0.15) is 27.3 Å². The maximum atomic E-state index is 11.2. The Balaban J connectivity index is 2.25. The fraction of sp³-hybridized carbons (Fsp3) is 0.308. The van der Waals surface area contributed by atoms with Gasteiger partial charge in [-0.3, -0.25) is 4.68 Å². The molecule has 0 amide bonds. The average Bonchev–Trinajstić information content (AvgIpc) is 2.62. The van der Waals surface area contributed by atoms with Crippen molar-refractivity contribution in [3.8, 4) is 0 Å². The lowest BCUT2D eigenvalue weighted by atomic mass is 10.2. The molecule has 7 heteroatoms. The summed E-state index contributed by atoms with van der Waals surface area (Å²) in [7, 11) is 1.88. The fourth-order valence-electron chi connectivity index (χ4n) is 1.99. The van der Waals surface area contributed by atoms with E-state index in [1.807, 2.05) is 20.9 Å². The summed E-state index contributed by atoms with van der Waals surface area (Å²) in [5.41, 5.74) is 3.16. The van der Waals surface area contributed by atoms with Gasteiger partial charge in [0.25, 0.3) is 0 Å². The van der Waals surface area contributed by atoms with Crippen LogP contribution in [-0.2, 0) is 13.6 Å². The second-order valence-electron chi connectivity index (χ2n) is 4.48. The predicted octanol–water partition coefficient (Wildman–Crippen LogP) is 2.50. The van der Waals surface area contributed by atoms with E-state index in [-0.39, 0.29) is 5.56 Å². The molecule has 0 unspecified atom stereocenters. The first-order valence-corrected chi connectivity index (χ1v) is 6.81. The number of aromatic carboxylic acids is 1. The minimum Gasteiger partial charge on any atom is -0.478 e. The molecule has 0 aliphatic rings. The normalized spacial score (nSPS) is 10.6. The highest BCUT2D eigenvalue weighted by atomic mass is 79.9. The summed E-state index contributed by atoms with van der Waals surface area (Å²) in [5.74, 6) is -0.663. The number of carbonyl (C=O) groups is 1. The van der Waals surface area contributed by atoms with E-state index in [0.29, 0.717) is 16.8 Å². The van der Waals surface area contributed by atoms with Crippen LogP contribution >= 0.6 is 15.9 Å². The lowest BCUT2D eigenvalue weighted by Crippen LogP contribution is -2.09. The third-order valence-corrected chi connectivity index (χ3v) is 3.61. The first-order valence-electron chi connectivity index (χ1n) is 6.02. The summed E-state index contributed by atoms with van der Waals surface area (Å²) in [6.45, 7) is 4.39. The molecule has 0 aromatic carbocycles. The third-order valence-electron chi connectivity index (χ3n) is 3.18. The zero-order valence-corrected chi connectivity index (χ0v) is 13.0. The Morgan fingerprint density at radius 3 is 2.75 bits per heavy atom. The fourth-order valence-corrected chi connectivity index (χ4v) is 2.32. The predicted molar refractivity (Wildman–Crippen MR) is 78.9 cm³/mol. The van der Waals surface area contributed by atoms with Gasteiger partial charge >= 0.3 is 5.97 Å². The number of hydrogen-bond acceptors (Lipinski definition) is 4. The third kappa shape index (κ3) is 2.82. The highest BCUT2D eigenvalue weighted by molar-refractivity contribution is 9.10. The molecule has 2 rings (SSSR count). The number of halogens is 1. The molecule has 0 saturated heterocycles. The Morgan fingerprint density at radius 1 is 1.50 bits per heavy atom. The number of anilines is 1. The molecule has 0 bridgehead atoms. The Kier molecular flexibility index (Phi) is 4.08. The van der Waals surface area contributed by atoms with Crippen LogP contribution in [0.3, 0.4) is 0 Å². The summed E-state index contributed by atoms with van der Waals surface area (Å²) in [4.78, 5) is 15.3. The van der Waals surface area contributed by atoms with Crippen LogP contribution < -0.4 is 5.32 Å². The molecule has 0 aliphatic carbocycles. The zero-order valence-electron chi connectivity index (χ0n) is 11.4. The monoisotopic (exact) mass is 338 g/mol. The van der Waals surface area contributed by atoms with Gasteiger partial charge in [-0.25, -0.2) is 9.78 Å². The Bertz CT molecular complexity index is 667. The molecule has 2 heterocycles. The van der Waals surface area contributed by atoms with E-state index in [2.05, 4.69) is 31.3 Å². The first kappa shape index (κ1) is 14.5. The number of nitrogens with zero attached hydrogens (tertiary/aromatic N) is 3. The smallest absolute Gasteiger partial charge is 0.339 e. The molecule has 2 aromatic rings. The number of nitrogens with one attached hydrogen (secondary N) is 1. The molecular formula is C13H15BrN4O2.